The van der Waals surface area contributed by atoms with Gasteiger partial charge in [-0.05, 0) is 26.0 Å². The van der Waals surface area contributed by atoms with Crippen LogP contribution in [0.25, 0.3) is 11.5 Å². The molecule has 0 aliphatic heterocycles. The predicted molar refractivity (Wildman–Crippen MR) is 60.4 cm³/mol. The zero-order valence-corrected chi connectivity index (χ0v) is 9.64. The first kappa shape index (κ1) is 11.3. The Morgan fingerprint density at radius 1 is 1.53 bits per heavy atom. The van der Waals surface area contributed by atoms with Crippen LogP contribution in [0.5, 0.6) is 0 Å². The van der Waals surface area contributed by atoms with Gasteiger partial charge in [0.1, 0.15) is 5.76 Å². The van der Waals surface area contributed by atoms with Gasteiger partial charge in [-0.2, -0.15) is 0 Å². The molecule has 0 unspecified atom stereocenters. The van der Waals surface area contributed by atoms with E-state index >= 15 is 0 Å². The number of aryl methyl sites for hydroxylation is 1. The third-order valence-corrected chi connectivity index (χ3v) is 2.17. The van der Waals surface area contributed by atoms with E-state index in [9.17, 15) is 4.79 Å². The zero-order chi connectivity index (χ0) is 12.3. The van der Waals surface area contributed by atoms with Gasteiger partial charge in [-0.15, -0.1) is 0 Å². The molecule has 2 heterocycles. The van der Waals surface area contributed by atoms with Gasteiger partial charge in [0.25, 0.3) is 0 Å². The molecule has 5 heteroatoms. The fourth-order valence-corrected chi connectivity index (χ4v) is 1.40. The Hall–Kier alpha value is -2.17. The molecule has 0 atom stereocenters. The van der Waals surface area contributed by atoms with Crippen LogP contribution in [0.3, 0.4) is 0 Å². The van der Waals surface area contributed by atoms with Crippen LogP contribution < -0.4 is 0 Å². The van der Waals surface area contributed by atoms with Crippen LogP contribution in [-0.4, -0.2) is 22.5 Å². The molecule has 0 aliphatic carbocycles. The van der Waals surface area contributed by atoms with Crippen molar-refractivity contribution >= 4 is 5.97 Å². The number of ether oxygens (including phenoxy) is 1. The first-order valence-electron chi connectivity index (χ1n) is 5.27. The molecule has 0 saturated carbocycles. The van der Waals surface area contributed by atoms with Crippen molar-refractivity contribution in [2.24, 2.45) is 0 Å². The predicted octanol–water partition coefficient (Wildman–Crippen LogP) is 2.22. The summed E-state index contributed by atoms with van der Waals surface area (Å²) in [5.41, 5.74) is 0.942. The summed E-state index contributed by atoms with van der Waals surface area (Å²) in [6, 6.07) is 3.59. The topological polar surface area (TPSA) is 65.2 Å². The number of carbonyl (C=O) groups is 1. The number of carbonyl (C=O) groups excluding carboxylic acids is 1. The normalized spacial score (nSPS) is 10.2. The molecule has 2 rings (SSSR count). The summed E-state index contributed by atoms with van der Waals surface area (Å²) in [5.74, 6) is 0.352. The summed E-state index contributed by atoms with van der Waals surface area (Å²) in [5, 5.41) is 0. The minimum absolute atomic E-state index is 0.214. The van der Waals surface area contributed by atoms with Crippen molar-refractivity contribution in [2.45, 2.75) is 13.8 Å². The van der Waals surface area contributed by atoms with E-state index in [-0.39, 0.29) is 5.69 Å². The van der Waals surface area contributed by atoms with E-state index in [0.29, 0.717) is 18.3 Å². The largest absolute Gasteiger partial charge is 0.461 e. The van der Waals surface area contributed by atoms with Crippen LogP contribution >= 0.6 is 0 Å². The minimum Gasteiger partial charge on any atom is -0.461 e. The Balaban J connectivity index is 2.34. The number of oxazole rings is 1. The molecule has 2 aromatic heterocycles. The van der Waals surface area contributed by atoms with Gasteiger partial charge in [-0.25, -0.2) is 9.78 Å². The highest BCUT2D eigenvalue weighted by atomic mass is 16.5. The van der Waals surface area contributed by atoms with E-state index in [2.05, 4.69) is 9.97 Å². The van der Waals surface area contributed by atoms with Crippen LogP contribution in [-0.2, 0) is 4.74 Å². The Morgan fingerprint density at radius 3 is 3.00 bits per heavy atom. The van der Waals surface area contributed by atoms with Crippen molar-refractivity contribution in [3.63, 3.8) is 0 Å². The summed E-state index contributed by atoms with van der Waals surface area (Å²) in [7, 11) is 0. The third-order valence-electron chi connectivity index (χ3n) is 2.17. The maximum atomic E-state index is 11.5. The first-order valence-corrected chi connectivity index (χ1v) is 5.27. The Morgan fingerprint density at radius 2 is 2.35 bits per heavy atom. The van der Waals surface area contributed by atoms with E-state index in [1.807, 2.05) is 6.07 Å². The Bertz CT molecular complexity index is 520. The van der Waals surface area contributed by atoms with E-state index in [1.165, 1.54) is 0 Å². The SMILES string of the molecule is CCOC(=O)c1nc(-c2cccnc2)oc1C. The maximum absolute atomic E-state index is 11.5. The van der Waals surface area contributed by atoms with Crippen LogP contribution in [0.4, 0.5) is 0 Å². The van der Waals surface area contributed by atoms with Gasteiger partial charge in [0.2, 0.25) is 5.89 Å². The van der Waals surface area contributed by atoms with Gasteiger partial charge in [-0.3, -0.25) is 4.98 Å². The van der Waals surface area contributed by atoms with Crippen LogP contribution in [0.15, 0.2) is 28.9 Å². The van der Waals surface area contributed by atoms with Crippen molar-refractivity contribution in [3.8, 4) is 11.5 Å². The molecule has 0 aliphatic rings. The average Bonchev–Trinajstić information content (AvgIpc) is 2.73. The highest BCUT2D eigenvalue weighted by Gasteiger charge is 2.18. The highest BCUT2D eigenvalue weighted by molar-refractivity contribution is 5.88. The minimum atomic E-state index is -0.469. The summed E-state index contributed by atoms with van der Waals surface area (Å²) < 4.78 is 10.3. The summed E-state index contributed by atoms with van der Waals surface area (Å²) >= 11 is 0. The van der Waals surface area contributed by atoms with Crippen molar-refractivity contribution in [2.75, 3.05) is 6.61 Å². The molecule has 0 fully saturated rings. The van der Waals surface area contributed by atoms with Crippen molar-refractivity contribution in [1.82, 2.24) is 9.97 Å². The maximum Gasteiger partial charge on any atom is 0.360 e. The van der Waals surface area contributed by atoms with E-state index in [1.54, 1.807) is 32.3 Å². The number of pyridine rings is 1. The molecule has 17 heavy (non-hydrogen) atoms. The van der Waals surface area contributed by atoms with Crippen LogP contribution in [0.2, 0.25) is 0 Å². The molecule has 0 spiro atoms. The van der Waals surface area contributed by atoms with E-state index in [0.717, 1.165) is 5.56 Å². The second-order valence-corrected chi connectivity index (χ2v) is 3.39. The van der Waals surface area contributed by atoms with Gasteiger partial charge in [0, 0.05) is 12.4 Å². The number of nitrogens with zero attached hydrogens (tertiary/aromatic N) is 2. The van der Waals surface area contributed by atoms with Crippen LogP contribution in [0, 0.1) is 6.92 Å². The first-order chi connectivity index (χ1) is 8.22. The molecule has 5 nitrogen and oxygen atoms in total. The fourth-order valence-electron chi connectivity index (χ4n) is 1.40. The lowest BCUT2D eigenvalue weighted by molar-refractivity contribution is 0.0518. The smallest absolute Gasteiger partial charge is 0.360 e. The highest BCUT2D eigenvalue weighted by Crippen LogP contribution is 2.21. The quantitative estimate of drug-likeness (QED) is 0.759. The molecule has 0 radical (unpaired) electrons. The van der Waals surface area contributed by atoms with Crippen molar-refractivity contribution in [1.29, 1.82) is 0 Å². The molecule has 2 aromatic rings. The second kappa shape index (κ2) is 4.78. The van der Waals surface area contributed by atoms with Crippen LogP contribution in [0.1, 0.15) is 23.2 Å². The molecule has 0 aromatic carbocycles. The lowest BCUT2D eigenvalue weighted by atomic mass is 10.3. The Kier molecular flexibility index (Phi) is 3.18. The van der Waals surface area contributed by atoms with Gasteiger partial charge >= 0.3 is 5.97 Å². The average molecular weight is 232 g/mol. The summed E-state index contributed by atoms with van der Waals surface area (Å²) in [6.45, 7) is 3.74. The molecule has 0 saturated heterocycles. The lowest BCUT2D eigenvalue weighted by Crippen LogP contribution is -2.06. The second-order valence-electron chi connectivity index (χ2n) is 3.39. The van der Waals surface area contributed by atoms with E-state index in [4.69, 9.17) is 9.15 Å². The van der Waals surface area contributed by atoms with Crippen molar-refractivity contribution < 1.29 is 13.9 Å². The molecule has 88 valence electrons. The number of hydrogen-bond donors (Lipinski definition) is 0. The van der Waals surface area contributed by atoms with Gasteiger partial charge < -0.3 is 9.15 Å². The summed E-state index contributed by atoms with van der Waals surface area (Å²) in [4.78, 5) is 19.6. The lowest BCUT2D eigenvalue weighted by Gasteiger charge is -1.96. The summed E-state index contributed by atoms with van der Waals surface area (Å²) in [6.07, 6.45) is 3.28. The van der Waals surface area contributed by atoms with E-state index < -0.39 is 5.97 Å². The fraction of sp³-hybridized carbons (Fsp3) is 0.250. The number of esters is 1. The third kappa shape index (κ3) is 2.33. The number of aromatic nitrogens is 2. The molecule has 0 bridgehead atoms. The van der Waals surface area contributed by atoms with Gasteiger partial charge in [-0.1, -0.05) is 0 Å². The number of rotatable bonds is 3. The van der Waals surface area contributed by atoms with Gasteiger partial charge in [0.05, 0.1) is 12.2 Å². The van der Waals surface area contributed by atoms with Crippen molar-refractivity contribution in [3.05, 3.63) is 36.0 Å². The molecular weight excluding hydrogens is 220 g/mol. The Labute approximate surface area is 98.5 Å². The molecule has 0 N–H and O–H groups in total. The zero-order valence-electron chi connectivity index (χ0n) is 9.64. The monoisotopic (exact) mass is 232 g/mol. The molecular formula is C12H12N2O3. The van der Waals surface area contributed by atoms with Gasteiger partial charge in [0.15, 0.2) is 5.69 Å². The number of hydrogen-bond acceptors (Lipinski definition) is 5. The standard InChI is InChI=1S/C12H12N2O3/c1-3-16-12(15)10-8(2)17-11(14-10)9-5-4-6-13-7-9/h4-7H,3H2,1-2H3. The molecule has 0 amide bonds.